The normalized spacial score (nSPS) is 19.3. The predicted octanol–water partition coefficient (Wildman–Crippen LogP) is 1.02. The van der Waals surface area contributed by atoms with Crippen LogP contribution in [0.4, 0.5) is 5.69 Å². The van der Waals surface area contributed by atoms with E-state index in [2.05, 4.69) is 0 Å². The number of nitrogens with two attached hydrogens (primary N) is 1. The van der Waals surface area contributed by atoms with Gasteiger partial charge in [-0.25, -0.2) is 4.79 Å². The lowest BCUT2D eigenvalue weighted by atomic mass is 10.1. The molecule has 0 amide bonds. The van der Waals surface area contributed by atoms with Crippen molar-refractivity contribution in [3.63, 3.8) is 0 Å². The SMILES string of the molecule is N=C(N)c1cccc(N2CCC[C@H]2C(=O)O)c1. The highest BCUT2D eigenvalue weighted by Crippen LogP contribution is 2.26. The van der Waals surface area contributed by atoms with Crippen LogP contribution in [-0.4, -0.2) is 29.5 Å². The quantitative estimate of drug-likeness (QED) is 0.537. The van der Waals surface area contributed by atoms with Crippen LogP contribution in [0.1, 0.15) is 18.4 Å². The zero-order valence-corrected chi connectivity index (χ0v) is 9.39. The van der Waals surface area contributed by atoms with Gasteiger partial charge in [-0.1, -0.05) is 12.1 Å². The van der Waals surface area contributed by atoms with Crippen LogP contribution < -0.4 is 10.6 Å². The minimum absolute atomic E-state index is 0.00192. The topological polar surface area (TPSA) is 90.4 Å². The Hall–Kier alpha value is -2.04. The van der Waals surface area contributed by atoms with Gasteiger partial charge in [0.1, 0.15) is 11.9 Å². The molecule has 5 nitrogen and oxygen atoms in total. The molecule has 0 bridgehead atoms. The van der Waals surface area contributed by atoms with Crippen molar-refractivity contribution in [2.75, 3.05) is 11.4 Å². The van der Waals surface area contributed by atoms with Gasteiger partial charge in [-0.05, 0) is 25.0 Å². The number of carboxylic acids is 1. The third-order valence-electron chi connectivity index (χ3n) is 3.03. The average Bonchev–Trinajstić information content (AvgIpc) is 2.78. The standard InChI is InChI=1S/C12H15N3O2/c13-11(14)8-3-1-4-9(7-8)15-6-2-5-10(15)12(16)17/h1,3-4,7,10H,2,5-6H2,(H3,13,14)(H,16,17)/t10-/m0/s1. The molecule has 1 aromatic carbocycles. The van der Waals surface area contributed by atoms with Crippen molar-refractivity contribution >= 4 is 17.5 Å². The Kier molecular flexibility index (Phi) is 2.99. The minimum atomic E-state index is -0.796. The summed E-state index contributed by atoms with van der Waals surface area (Å²) in [7, 11) is 0. The summed E-state index contributed by atoms with van der Waals surface area (Å²) in [5.41, 5.74) is 6.87. The van der Waals surface area contributed by atoms with E-state index in [4.69, 9.17) is 16.2 Å². The van der Waals surface area contributed by atoms with Gasteiger partial charge in [-0.2, -0.15) is 0 Å². The molecule has 1 heterocycles. The summed E-state index contributed by atoms with van der Waals surface area (Å²) in [6.07, 6.45) is 1.54. The number of aliphatic carboxylic acids is 1. The van der Waals surface area contributed by atoms with E-state index < -0.39 is 12.0 Å². The fourth-order valence-corrected chi connectivity index (χ4v) is 2.18. The first-order chi connectivity index (χ1) is 8.09. The van der Waals surface area contributed by atoms with E-state index in [1.165, 1.54) is 0 Å². The van der Waals surface area contributed by atoms with Crippen LogP contribution in [0.3, 0.4) is 0 Å². The van der Waals surface area contributed by atoms with Gasteiger partial charge in [0.25, 0.3) is 0 Å². The Bertz CT molecular complexity index is 459. The summed E-state index contributed by atoms with van der Waals surface area (Å²) in [4.78, 5) is 13.0. The van der Waals surface area contributed by atoms with Crippen molar-refractivity contribution in [3.8, 4) is 0 Å². The van der Waals surface area contributed by atoms with Crippen LogP contribution in [0, 0.1) is 5.41 Å². The zero-order valence-electron chi connectivity index (χ0n) is 9.39. The number of nitrogens with zero attached hydrogens (tertiary/aromatic N) is 1. The number of nitrogen functional groups attached to an aromatic ring is 1. The number of benzene rings is 1. The summed E-state index contributed by atoms with van der Waals surface area (Å²) in [6.45, 7) is 0.734. The van der Waals surface area contributed by atoms with Gasteiger partial charge < -0.3 is 15.7 Å². The molecule has 1 aliphatic rings. The molecular formula is C12H15N3O2. The molecule has 1 saturated heterocycles. The molecule has 0 saturated carbocycles. The molecule has 0 spiro atoms. The summed E-state index contributed by atoms with van der Waals surface area (Å²) in [5.74, 6) is -0.798. The largest absolute Gasteiger partial charge is 0.480 e. The Morgan fingerprint density at radius 3 is 2.94 bits per heavy atom. The monoisotopic (exact) mass is 233 g/mol. The lowest BCUT2D eigenvalue weighted by Crippen LogP contribution is -2.36. The fourth-order valence-electron chi connectivity index (χ4n) is 2.18. The first kappa shape index (κ1) is 11.4. The number of carbonyl (C=O) groups is 1. The van der Waals surface area contributed by atoms with Gasteiger partial charge in [0.05, 0.1) is 0 Å². The Morgan fingerprint density at radius 2 is 2.29 bits per heavy atom. The van der Waals surface area contributed by atoms with Crippen LogP contribution in [-0.2, 0) is 4.79 Å². The predicted molar refractivity (Wildman–Crippen MR) is 65.5 cm³/mol. The molecule has 4 N–H and O–H groups in total. The van der Waals surface area contributed by atoms with Crippen molar-refractivity contribution in [1.29, 1.82) is 5.41 Å². The molecule has 0 aliphatic carbocycles. The molecule has 2 rings (SSSR count). The first-order valence-corrected chi connectivity index (χ1v) is 5.53. The van der Waals surface area contributed by atoms with E-state index in [0.717, 1.165) is 18.7 Å². The fraction of sp³-hybridized carbons (Fsp3) is 0.333. The summed E-state index contributed by atoms with van der Waals surface area (Å²) >= 11 is 0. The number of anilines is 1. The van der Waals surface area contributed by atoms with Gasteiger partial charge in [0.2, 0.25) is 0 Å². The van der Waals surface area contributed by atoms with Gasteiger partial charge in [-0.15, -0.1) is 0 Å². The Labute approximate surface area is 99.4 Å². The van der Waals surface area contributed by atoms with Crippen molar-refractivity contribution < 1.29 is 9.90 Å². The van der Waals surface area contributed by atoms with Crippen molar-refractivity contribution in [2.24, 2.45) is 5.73 Å². The second-order valence-corrected chi connectivity index (χ2v) is 4.15. The lowest BCUT2D eigenvalue weighted by Gasteiger charge is -2.24. The lowest BCUT2D eigenvalue weighted by molar-refractivity contribution is -0.138. The highest BCUT2D eigenvalue weighted by Gasteiger charge is 2.30. The summed E-state index contributed by atoms with van der Waals surface area (Å²) in [5, 5.41) is 16.5. The van der Waals surface area contributed by atoms with E-state index in [0.29, 0.717) is 12.0 Å². The van der Waals surface area contributed by atoms with Crippen molar-refractivity contribution in [1.82, 2.24) is 0 Å². The molecule has 0 aromatic heterocycles. The van der Waals surface area contributed by atoms with Gasteiger partial charge in [0, 0.05) is 17.8 Å². The maximum atomic E-state index is 11.1. The van der Waals surface area contributed by atoms with Crippen molar-refractivity contribution in [3.05, 3.63) is 29.8 Å². The van der Waals surface area contributed by atoms with E-state index in [1.54, 1.807) is 18.2 Å². The van der Waals surface area contributed by atoms with Crippen LogP contribution in [0.25, 0.3) is 0 Å². The van der Waals surface area contributed by atoms with Crippen LogP contribution in [0.5, 0.6) is 0 Å². The Balaban J connectivity index is 2.30. The zero-order chi connectivity index (χ0) is 12.4. The molecule has 0 radical (unpaired) electrons. The molecule has 1 aromatic rings. The first-order valence-electron chi connectivity index (χ1n) is 5.53. The number of rotatable bonds is 3. The maximum Gasteiger partial charge on any atom is 0.326 e. The van der Waals surface area contributed by atoms with E-state index in [-0.39, 0.29) is 5.84 Å². The third kappa shape index (κ3) is 2.22. The molecule has 5 heteroatoms. The number of nitrogens with one attached hydrogen (secondary N) is 1. The van der Waals surface area contributed by atoms with E-state index in [9.17, 15) is 4.79 Å². The average molecular weight is 233 g/mol. The molecule has 1 atom stereocenters. The molecule has 1 fully saturated rings. The van der Waals surface area contributed by atoms with Crippen LogP contribution >= 0.6 is 0 Å². The highest BCUT2D eigenvalue weighted by atomic mass is 16.4. The van der Waals surface area contributed by atoms with Gasteiger partial charge in [-0.3, -0.25) is 5.41 Å². The van der Waals surface area contributed by atoms with Crippen LogP contribution in [0.15, 0.2) is 24.3 Å². The van der Waals surface area contributed by atoms with Crippen LogP contribution in [0.2, 0.25) is 0 Å². The second kappa shape index (κ2) is 4.45. The molecular weight excluding hydrogens is 218 g/mol. The number of carboxylic acid groups (broad SMARTS) is 1. The molecule has 1 aliphatic heterocycles. The minimum Gasteiger partial charge on any atom is -0.480 e. The molecule has 17 heavy (non-hydrogen) atoms. The Morgan fingerprint density at radius 1 is 1.53 bits per heavy atom. The number of hydrogen-bond acceptors (Lipinski definition) is 3. The van der Waals surface area contributed by atoms with Gasteiger partial charge >= 0.3 is 5.97 Å². The van der Waals surface area contributed by atoms with E-state index in [1.807, 2.05) is 11.0 Å². The van der Waals surface area contributed by atoms with Gasteiger partial charge in [0.15, 0.2) is 0 Å². The maximum absolute atomic E-state index is 11.1. The molecule has 0 unspecified atom stereocenters. The number of hydrogen-bond donors (Lipinski definition) is 3. The summed E-state index contributed by atoms with van der Waals surface area (Å²) in [6, 6.07) is 6.70. The smallest absolute Gasteiger partial charge is 0.326 e. The summed E-state index contributed by atoms with van der Waals surface area (Å²) < 4.78 is 0. The number of amidine groups is 1. The highest BCUT2D eigenvalue weighted by molar-refractivity contribution is 5.96. The third-order valence-corrected chi connectivity index (χ3v) is 3.03. The van der Waals surface area contributed by atoms with Crippen molar-refractivity contribution in [2.45, 2.75) is 18.9 Å². The molecule has 90 valence electrons. The van der Waals surface area contributed by atoms with E-state index >= 15 is 0 Å². The second-order valence-electron chi connectivity index (χ2n) is 4.15.